The molecule has 0 spiro atoms. The Kier molecular flexibility index (Phi) is 7.60. The molecule has 0 aliphatic rings. The quantitative estimate of drug-likeness (QED) is 0.338. The Bertz CT molecular complexity index is 437. The number of carboxylic acid groups (broad SMARTS) is 1. The number of rotatable bonds is 8. The summed E-state index contributed by atoms with van der Waals surface area (Å²) in [6.07, 6.45) is -0.233. The van der Waals surface area contributed by atoms with Gasteiger partial charge in [-0.3, -0.25) is 18.9 Å². The fourth-order valence-electron chi connectivity index (χ4n) is 2.12. The van der Waals surface area contributed by atoms with E-state index in [1.165, 1.54) is 6.92 Å². The van der Waals surface area contributed by atoms with Crippen LogP contribution in [-0.4, -0.2) is 40.2 Å². The number of esters is 1. The van der Waals surface area contributed by atoms with Gasteiger partial charge in [-0.05, 0) is 19.3 Å². The zero-order chi connectivity index (χ0) is 16.8. The number of hydrogen-bond acceptors (Lipinski definition) is 5. The van der Waals surface area contributed by atoms with Crippen LogP contribution >= 0.6 is 8.03 Å². The van der Waals surface area contributed by atoms with Crippen LogP contribution in [0, 0.1) is 11.3 Å². The number of amides is 1. The third-order valence-electron chi connectivity index (χ3n) is 2.84. The maximum atomic E-state index is 12.2. The van der Waals surface area contributed by atoms with E-state index >= 15 is 0 Å². The molecular weight excluding hydrogens is 301 g/mol. The van der Waals surface area contributed by atoms with Crippen LogP contribution in [0.2, 0.25) is 0 Å². The summed E-state index contributed by atoms with van der Waals surface area (Å²) < 4.78 is 16.4. The first-order chi connectivity index (χ1) is 9.59. The average Bonchev–Trinajstić information content (AvgIpc) is 2.32. The second-order valence-electron chi connectivity index (χ2n) is 5.07. The minimum Gasteiger partial charge on any atom is -0.480 e. The molecule has 3 unspecified atom stereocenters. The van der Waals surface area contributed by atoms with Crippen molar-refractivity contribution in [2.75, 3.05) is 6.61 Å². The minimum atomic E-state index is -3.54. The first-order valence-corrected chi connectivity index (χ1v) is 7.93. The molecule has 0 aromatic heterocycles. The van der Waals surface area contributed by atoms with Gasteiger partial charge in [0.05, 0.1) is 6.61 Å². The fraction of sp³-hybridized carbons (Fsp3) is 0.750. The van der Waals surface area contributed by atoms with Crippen molar-refractivity contribution in [2.45, 2.75) is 39.9 Å². The van der Waals surface area contributed by atoms with Gasteiger partial charge in [-0.2, -0.15) is 0 Å². The van der Waals surface area contributed by atoms with Crippen LogP contribution in [0.5, 0.6) is 0 Å². The Hall–Kier alpha value is -1.40. The highest BCUT2D eigenvalue weighted by atomic mass is 31.1. The predicted octanol–water partition coefficient (Wildman–Crippen LogP) is 0.596. The molecule has 0 saturated heterocycles. The molecule has 21 heavy (non-hydrogen) atoms. The van der Waals surface area contributed by atoms with E-state index in [1.807, 2.05) is 0 Å². The smallest absolute Gasteiger partial charge is 0.326 e. The molecular formula is C12H22NO7P. The lowest BCUT2D eigenvalue weighted by molar-refractivity contribution is -0.171. The monoisotopic (exact) mass is 323 g/mol. The van der Waals surface area contributed by atoms with Gasteiger partial charge in [0, 0.05) is 6.92 Å². The molecule has 0 heterocycles. The average molecular weight is 323 g/mol. The zero-order valence-electron chi connectivity index (χ0n) is 12.5. The molecule has 8 nitrogen and oxygen atoms in total. The van der Waals surface area contributed by atoms with Crippen LogP contribution in [0.1, 0.15) is 34.1 Å². The summed E-state index contributed by atoms with van der Waals surface area (Å²) in [5.74, 6) is -5.42. The lowest BCUT2D eigenvalue weighted by Gasteiger charge is -2.34. The van der Waals surface area contributed by atoms with Crippen LogP contribution < -0.4 is 5.32 Å². The molecule has 0 aromatic carbocycles. The van der Waals surface area contributed by atoms with Crippen molar-refractivity contribution in [3.05, 3.63) is 0 Å². The van der Waals surface area contributed by atoms with Gasteiger partial charge in [0.15, 0.2) is 5.41 Å². The van der Waals surface area contributed by atoms with Crippen molar-refractivity contribution >= 4 is 25.9 Å². The molecule has 9 heteroatoms. The van der Waals surface area contributed by atoms with Crippen molar-refractivity contribution in [1.29, 1.82) is 0 Å². The number of carbonyl (C=O) groups is 3. The van der Waals surface area contributed by atoms with E-state index in [0.717, 1.165) is 6.92 Å². The first kappa shape index (κ1) is 19.6. The molecule has 3 atom stereocenters. The van der Waals surface area contributed by atoms with Crippen LogP contribution in [-0.2, 0) is 23.7 Å². The molecule has 3 N–H and O–H groups in total. The topological polar surface area (TPSA) is 130 Å². The fourth-order valence-corrected chi connectivity index (χ4v) is 3.23. The molecule has 0 aromatic rings. The first-order valence-electron chi connectivity index (χ1n) is 6.50. The van der Waals surface area contributed by atoms with E-state index in [4.69, 9.17) is 4.74 Å². The Morgan fingerprint density at radius 2 is 1.86 bits per heavy atom. The summed E-state index contributed by atoms with van der Waals surface area (Å²) in [4.78, 5) is 44.5. The number of ether oxygens (including phenoxy) is 1. The molecule has 0 aliphatic heterocycles. The number of hydrogen-bond donors (Lipinski definition) is 3. The van der Waals surface area contributed by atoms with Gasteiger partial charge in [-0.25, -0.2) is 0 Å². The highest BCUT2D eigenvalue weighted by Gasteiger charge is 2.57. The van der Waals surface area contributed by atoms with Crippen LogP contribution in [0.4, 0.5) is 0 Å². The van der Waals surface area contributed by atoms with Gasteiger partial charge in [-0.15, -0.1) is 0 Å². The highest BCUT2D eigenvalue weighted by molar-refractivity contribution is 7.39. The van der Waals surface area contributed by atoms with Crippen molar-refractivity contribution in [3.8, 4) is 0 Å². The summed E-state index contributed by atoms with van der Waals surface area (Å²) in [6.45, 7) is 5.82. The van der Waals surface area contributed by atoms with E-state index in [2.05, 4.69) is 5.32 Å². The summed E-state index contributed by atoms with van der Waals surface area (Å²) in [7, 11) is -3.54. The van der Waals surface area contributed by atoms with Gasteiger partial charge < -0.3 is 20.1 Å². The van der Waals surface area contributed by atoms with E-state index in [9.17, 15) is 28.9 Å². The molecule has 0 radical (unpaired) electrons. The summed E-state index contributed by atoms with van der Waals surface area (Å²) in [5.41, 5.74) is -2.29. The van der Waals surface area contributed by atoms with Crippen molar-refractivity contribution < 1.29 is 33.7 Å². The summed E-state index contributed by atoms with van der Waals surface area (Å²) in [6, 6.07) is 0. The molecule has 0 aliphatic carbocycles. The number of carboxylic acids is 1. The third-order valence-corrected chi connectivity index (χ3v) is 3.97. The molecule has 0 rings (SSSR count). The Balaban J connectivity index is 6.02. The van der Waals surface area contributed by atoms with Gasteiger partial charge in [-0.1, -0.05) is 13.8 Å². The molecule has 0 bridgehead atoms. The Labute approximate surface area is 123 Å². The highest BCUT2D eigenvalue weighted by Crippen LogP contribution is 2.42. The Morgan fingerprint density at radius 1 is 1.33 bits per heavy atom. The van der Waals surface area contributed by atoms with Crippen LogP contribution in [0.15, 0.2) is 0 Å². The van der Waals surface area contributed by atoms with E-state index in [1.54, 1.807) is 13.8 Å². The lowest BCUT2D eigenvalue weighted by Crippen LogP contribution is -2.55. The van der Waals surface area contributed by atoms with Gasteiger partial charge in [0.1, 0.15) is 5.78 Å². The lowest BCUT2D eigenvalue weighted by atomic mass is 9.79. The van der Waals surface area contributed by atoms with Gasteiger partial charge in [0.25, 0.3) is 0 Å². The summed E-state index contributed by atoms with van der Waals surface area (Å²) in [5, 5.41) is 11.6. The minimum absolute atomic E-state index is 0.0783. The largest absolute Gasteiger partial charge is 0.480 e. The number of carbonyl (C=O) groups excluding carboxylic acids is 2. The third kappa shape index (κ3) is 4.82. The van der Waals surface area contributed by atoms with E-state index < -0.39 is 37.1 Å². The normalized spacial score (nSPS) is 16.7. The van der Waals surface area contributed by atoms with Crippen LogP contribution in [0.25, 0.3) is 0 Å². The molecule has 0 saturated carbocycles. The second-order valence-corrected chi connectivity index (χ2v) is 6.32. The Morgan fingerprint density at radius 3 is 2.14 bits per heavy atom. The zero-order valence-corrected chi connectivity index (χ0v) is 13.5. The van der Waals surface area contributed by atoms with Crippen molar-refractivity contribution in [3.63, 3.8) is 0 Å². The molecule has 0 fully saturated rings. The maximum absolute atomic E-state index is 12.2. The van der Waals surface area contributed by atoms with Gasteiger partial charge >= 0.3 is 11.9 Å². The molecule has 122 valence electrons. The van der Waals surface area contributed by atoms with Gasteiger partial charge in [0.2, 0.25) is 13.9 Å². The van der Waals surface area contributed by atoms with Crippen molar-refractivity contribution in [1.82, 2.24) is 5.32 Å². The standard InChI is InChI=1S/C12H22NO7P/c1-5-20-11(17)12(10(15)16,6-7(2)3)9(21(18)19)13-8(4)14/h7,9,21H,5-6H2,1-4H3,(H,13,14)(H,15,16)(H,18,19). The number of aliphatic carboxylic acids is 1. The van der Waals surface area contributed by atoms with E-state index in [0.29, 0.717) is 0 Å². The van der Waals surface area contributed by atoms with Crippen LogP contribution in [0.3, 0.4) is 0 Å². The maximum Gasteiger partial charge on any atom is 0.326 e. The summed E-state index contributed by atoms with van der Waals surface area (Å²) >= 11 is 0. The second kappa shape index (κ2) is 8.14. The molecule has 1 amide bonds. The number of nitrogens with one attached hydrogen (secondary N) is 1. The SMILES string of the molecule is CCOC(=O)C(CC(C)C)(C(=O)O)C(NC(C)=O)[PH](=O)O. The predicted molar refractivity (Wildman–Crippen MR) is 75.0 cm³/mol. The van der Waals surface area contributed by atoms with E-state index in [-0.39, 0.29) is 18.9 Å². The van der Waals surface area contributed by atoms with Crippen molar-refractivity contribution in [2.24, 2.45) is 11.3 Å².